The Kier molecular flexibility index (Phi) is 3.94. The van der Waals surface area contributed by atoms with Gasteiger partial charge >= 0.3 is 0 Å². The van der Waals surface area contributed by atoms with Gasteiger partial charge in [0.2, 0.25) is 10.0 Å². The molecule has 0 bridgehead atoms. The molecule has 1 unspecified atom stereocenters. The van der Waals surface area contributed by atoms with Gasteiger partial charge in [0, 0.05) is 11.4 Å². The molecule has 2 rings (SSSR count). The number of rotatable bonds is 3. The molecular formula is C11H15N3O2S2. The Balaban J connectivity index is 2.08. The van der Waals surface area contributed by atoms with E-state index < -0.39 is 10.0 Å². The lowest BCUT2D eigenvalue weighted by atomic mass is 10.3. The molecule has 0 spiro atoms. The molecule has 0 saturated heterocycles. The molecule has 0 radical (unpaired) electrons. The van der Waals surface area contributed by atoms with Gasteiger partial charge < -0.3 is 5.32 Å². The maximum Gasteiger partial charge on any atom is 0.238 e. The zero-order valence-electron chi connectivity index (χ0n) is 9.96. The van der Waals surface area contributed by atoms with Crippen LogP contribution in [0, 0.1) is 0 Å². The van der Waals surface area contributed by atoms with Gasteiger partial charge in [-0.3, -0.25) is 4.99 Å². The lowest BCUT2D eigenvalue weighted by Crippen LogP contribution is -2.12. The first-order chi connectivity index (χ1) is 8.49. The van der Waals surface area contributed by atoms with Gasteiger partial charge in [0.25, 0.3) is 0 Å². The van der Waals surface area contributed by atoms with E-state index in [1.807, 2.05) is 0 Å². The third-order valence-electron chi connectivity index (χ3n) is 2.62. The molecule has 98 valence electrons. The number of hydrogen-bond donors (Lipinski definition) is 2. The summed E-state index contributed by atoms with van der Waals surface area (Å²) in [6.07, 6.45) is 1.03. The molecule has 1 aromatic rings. The van der Waals surface area contributed by atoms with Crippen LogP contribution in [0.4, 0.5) is 5.69 Å². The van der Waals surface area contributed by atoms with Gasteiger partial charge in [-0.25, -0.2) is 13.6 Å². The standard InChI is InChI=1S/C11H15N3O2S2/c1-2-8-7-17-11(13-8)14-9-3-5-10(6-4-9)18(12,15)16/h3-6,8H,2,7H2,1H3,(H,13,14)(H2,12,15,16). The van der Waals surface area contributed by atoms with Crippen molar-refractivity contribution in [1.82, 2.24) is 0 Å². The number of anilines is 1. The number of amidine groups is 1. The van der Waals surface area contributed by atoms with Crippen molar-refractivity contribution in [2.24, 2.45) is 10.1 Å². The first kappa shape index (κ1) is 13.4. The smallest absolute Gasteiger partial charge is 0.238 e. The van der Waals surface area contributed by atoms with Crippen LogP contribution in [0.3, 0.4) is 0 Å². The quantitative estimate of drug-likeness (QED) is 0.884. The largest absolute Gasteiger partial charge is 0.335 e. The summed E-state index contributed by atoms with van der Waals surface area (Å²) in [5.74, 6) is 0.994. The summed E-state index contributed by atoms with van der Waals surface area (Å²) in [6.45, 7) is 2.11. The molecule has 0 fully saturated rings. The number of nitrogens with two attached hydrogens (primary N) is 1. The third kappa shape index (κ3) is 3.24. The fraction of sp³-hybridized carbons (Fsp3) is 0.364. The molecule has 5 nitrogen and oxygen atoms in total. The van der Waals surface area contributed by atoms with E-state index in [-0.39, 0.29) is 4.90 Å². The second-order valence-electron chi connectivity index (χ2n) is 4.00. The minimum absolute atomic E-state index is 0.112. The summed E-state index contributed by atoms with van der Waals surface area (Å²) in [5.41, 5.74) is 0.811. The highest BCUT2D eigenvalue weighted by Crippen LogP contribution is 2.22. The Morgan fingerprint density at radius 3 is 2.61 bits per heavy atom. The van der Waals surface area contributed by atoms with Gasteiger partial charge in [-0.1, -0.05) is 18.7 Å². The minimum Gasteiger partial charge on any atom is -0.335 e. The topological polar surface area (TPSA) is 84.5 Å². The number of benzene rings is 1. The zero-order chi connectivity index (χ0) is 13.2. The Morgan fingerprint density at radius 2 is 2.11 bits per heavy atom. The number of sulfonamides is 1. The number of thioether (sulfide) groups is 1. The lowest BCUT2D eigenvalue weighted by Gasteiger charge is -2.05. The van der Waals surface area contributed by atoms with Crippen LogP contribution in [-0.2, 0) is 10.0 Å². The maximum atomic E-state index is 11.1. The molecule has 0 saturated carbocycles. The lowest BCUT2D eigenvalue weighted by molar-refractivity contribution is 0.598. The molecule has 0 amide bonds. The van der Waals surface area contributed by atoms with E-state index in [0.717, 1.165) is 23.0 Å². The molecule has 0 aromatic heterocycles. The number of aliphatic imine (C=N–C) groups is 1. The van der Waals surface area contributed by atoms with Crippen molar-refractivity contribution in [2.75, 3.05) is 11.1 Å². The Bertz CT molecular complexity index is 552. The molecule has 1 aromatic carbocycles. The summed E-state index contributed by atoms with van der Waals surface area (Å²) in [7, 11) is -3.62. The first-order valence-electron chi connectivity index (χ1n) is 5.59. The van der Waals surface area contributed by atoms with Crippen molar-refractivity contribution >= 4 is 32.6 Å². The second kappa shape index (κ2) is 5.29. The highest BCUT2D eigenvalue weighted by atomic mass is 32.2. The molecule has 0 aliphatic carbocycles. The second-order valence-corrected chi connectivity index (χ2v) is 6.57. The van der Waals surface area contributed by atoms with E-state index in [1.54, 1.807) is 23.9 Å². The van der Waals surface area contributed by atoms with Crippen LogP contribution in [0.25, 0.3) is 0 Å². The fourth-order valence-electron chi connectivity index (χ4n) is 1.54. The minimum atomic E-state index is -3.62. The van der Waals surface area contributed by atoms with Crippen molar-refractivity contribution in [1.29, 1.82) is 0 Å². The van der Waals surface area contributed by atoms with Crippen molar-refractivity contribution in [2.45, 2.75) is 24.3 Å². The molecule has 1 aliphatic heterocycles. The van der Waals surface area contributed by atoms with Crippen LogP contribution in [-0.4, -0.2) is 25.4 Å². The molecule has 18 heavy (non-hydrogen) atoms. The van der Waals surface area contributed by atoms with Crippen LogP contribution in [0.5, 0.6) is 0 Å². The molecule has 1 aliphatic rings. The van der Waals surface area contributed by atoms with E-state index in [2.05, 4.69) is 17.2 Å². The van der Waals surface area contributed by atoms with Crippen molar-refractivity contribution in [3.8, 4) is 0 Å². The number of hydrogen-bond acceptors (Lipinski definition) is 5. The first-order valence-corrected chi connectivity index (χ1v) is 8.12. The fourth-order valence-corrected chi connectivity index (χ4v) is 3.13. The Morgan fingerprint density at radius 1 is 1.44 bits per heavy atom. The maximum absolute atomic E-state index is 11.1. The van der Waals surface area contributed by atoms with Gasteiger partial charge in [-0.2, -0.15) is 0 Å². The van der Waals surface area contributed by atoms with Gasteiger partial charge in [0.05, 0.1) is 10.9 Å². The van der Waals surface area contributed by atoms with Gasteiger partial charge in [-0.15, -0.1) is 0 Å². The van der Waals surface area contributed by atoms with Crippen LogP contribution in [0.15, 0.2) is 34.2 Å². The van der Waals surface area contributed by atoms with Crippen molar-refractivity contribution in [3.05, 3.63) is 24.3 Å². The zero-order valence-corrected chi connectivity index (χ0v) is 11.6. The van der Waals surface area contributed by atoms with Crippen LogP contribution >= 0.6 is 11.8 Å². The van der Waals surface area contributed by atoms with Gasteiger partial charge in [-0.05, 0) is 30.7 Å². The molecule has 1 atom stereocenters. The highest BCUT2D eigenvalue weighted by molar-refractivity contribution is 8.14. The Labute approximate surface area is 111 Å². The molecular weight excluding hydrogens is 270 g/mol. The summed E-state index contributed by atoms with van der Waals surface area (Å²) in [4.78, 5) is 4.61. The highest BCUT2D eigenvalue weighted by Gasteiger charge is 2.16. The summed E-state index contributed by atoms with van der Waals surface area (Å²) < 4.78 is 22.2. The SMILES string of the molecule is CCC1CSC(Nc2ccc(S(N)(=O)=O)cc2)=N1. The average molecular weight is 285 g/mol. The summed E-state index contributed by atoms with van der Waals surface area (Å²) >= 11 is 1.68. The summed E-state index contributed by atoms with van der Waals surface area (Å²) in [6, 6.07) is 6.70. The van der Waals surface area contributed by atoms with Crippen LogP contribution < -0.4 is 10.5 Å². The molecule has 3 N–H and O–H groups in total. The van der Waals surface area contributed by atoms with Gasteiger partial charge in [0.1, 0.15) is 0 Å². The number of primary sulfonamides is 1. The molecule has 1 heterocycles. The molecule has 7 heteroatoms. The van der Waals surface area contributed by atoms with Crippen LogP contribution in [0.1, 0.15) is 13.3 Å². The number of nitrogens with zero attached hydrogens (tertiary/aromatic N) is 1. The average Bonchev–Trinajstić information content (AvgIpc) is 2.76. The third-order valence-corrected chi connectivity index (χ3v) is 4.58. The van der Waals surface area contributed by atoms with E-state index in [9.17, 15) is 8.42 Å². The van der Waals surface area contributed by atoms with Crippen LogP contribution in [0.2, 0.25) is 0 Å². The van der Waals surface area contributed by atoms with E-state index in [0.29, 0.717) is 6.04 Å². The number of nitrogens with one attached hydrogen (secondary N) is 1. The van der Waals surface area contributed by atoms with Crippen molar-refractivity contribution < 1.29 is 8.42 Å². The van der Waals surface area contributed by atoms with E-state index in [1.165, 1.54) is 12.1 Å². The predicted molar refractivity (Wildman–Crippen MR) is 75.4 cm³/mol. The normalized spacial score (nSPS) is 19.7. The summed E-state index contributed by atoms with van der Waals surface area (Å²) in [5, 5.41) is 9.07. The van der Waals surface area contributed by atoms with Crippen molar-refractivity contribution in [3.63, 3.8) is 0 Å². The predicted octanol–water partition coefficient (Wildman–Crippen LogP) is 1.63. The van der Waals surface area contributed by atoms with E-state index >= 15 is 0 Å². The van der Waals surface area contributed by atoms with Gasteiger partial charge in [0.15, 0.2) is 5.17 Å². The van der Waals surface area contributed by atoms with E-state index in [4.69, 9.17) is 5.14 Å². The monoisotopic (exact) mass is 285 g/mol. The Hall–Kier alpha value is -1.05.